The Morgan fingerprint density at radius 2 is 1.75 bits per heavy atom. The van der Waals surface area contributed by atoms with Crippen LogP contribution in [-0.4, -0.2) is 35.4 Å². The number of benzene rings is 1. The average Bonchev–Trinajstić information content (AvgIpc) is 2.82. The molecule has 0 bridgehead atoms. The number of nitrogens with zero attached hydrogens (tertiary/aromatic N) is 1. The van der Waals surface area contributed by atoms with Crippen LogP contribution in [0, 0.1) is 17.8 Å². The van der Waals surface area contributed by atoms with Crippen molar-refractivity contribution in [2.45, 2.75) is 58.6 Å². The van der Waals surface area contributed by atoms with E-state index < -0.39 is 17.2 Å². The van der Waals surface area contributed by atoms with E-state index >= 15 is 0 Å². The van der Waals surface area contributed by atoms with Crippen LogP contribution in [0.1, 0.15) is 53.0 Å². The monoisotopic (exact) mass is 387 g/mol. The number of carbonyl (C=O) groups is 3. The molecule has 28 heavy (non-hydrogen) atoms. The lowest BCUT2D eigenvalue weighted by Gasteiger charge is -2.40. The van der Waals surface area contributed by atoms with Gasteiger partial charge in [0.2, 0.25) is 5.91 Å². The number of ketones is 1. The van der Waals surface area contributed by atoms with Crippen molar-refractivity contribution in [3.63, 3.8) is 0 Å². The van der Waals surface area contributed by atoms with Gasteiger partial charge >= 0.3 is 6.09 Å². The topological polar surface area (TPSA) is 72.9 Å². The summed E-state index contributed by atoms with van der Waals surface area (Å²) in [5.41, 5.74) is -0.893. The Hall–Kier alpha value is -2.37. The lowest BCUT2D eigenvalue weighted by molar-refractivity contribution is -0.134. The summed E-state index contributed by atoms with van der Waals surface area (Å²) < 4.78 is 10.8. The molecule has 0 radical (unpaired) electrons. The quantitative estimate of drug-likeness (QED) is 0.769. The summed E-state index contributed by atoms with van der Waals surface area (Å²) in [7, 11) is 1.58. The predicted octanol–water partition coefficient (Wildman–Crippen LogP) is 3.92. The highest BCUT2D eigenvalue weighted by Crippen LogP contribution is 2.54. The molecule has 2 amide bonds. The Kier molecular flexibility index (Phi) is 5.02. The summed E-state index contributed by atoms with van der Waals surface area (Å²) in [6, 6.07) is 7.32. The molecule has 1 aliphatic carbocycles. The third-order valence-electron chi connectivity index (χ3n) is 5.99. The molecule has 6 heteroatoms. The molecule has 0 spiro atoms. The average molecular weight is 387 g/mol. The van der Waals surface area contributed by atoms with E-state index in [2.05, 4.69) is 0 Å². The lowest BCUT2D eigenvalue weighted by Crippen LogP contribution is -2.49. The fourth-order valence-electron chi connectivity index (χ4n) is 4.70. The largest absolute Gasteiger partial charge is 0.497 e. The van der Waals surface area contributed by atoms with Crippen LogP contribution in [0.15, 0.2) is 24.3 Å². The second kappa shape index (κ2) is 6.90. The van der Waals surface area contributed by atoms with Crippen molar-refractivity contribution >= 4 is 17.8 Å². The first-order valence-corrected chi connectivity index (χ1v) is 9.72. The first kappa shape index (κ1) is 20.4. The number of methoxy groups -OCH3 is 1. The van der Waals surface area contributed by atoms with E-state index in [0.29, 0.717) is 12.2 Å². The van der Waals surface area contributed by atoms with Crippen LogP contribution in [-0.2, 0) is 19.9 Å². The molecule has 6 nitrogen and oxygen atoms in total. The maximum atomic E-state index is 13.4. The van der Waals surface area contributed by atoms with Crippen molar-refractivity contribution in [2.75, 3.05) is 7.11 Å². The fourth-order valence-corrected chi connectivity index (χ4v) is 4.70. The van der Waals surface area contributed by atoms with Crippen molar-refractivity contribution in [1.29, 1.82) is 0 Å². The van der Waals surface area contributed by atoms with Gasteiger partial charge in [-0.1, -0.05) is 19.1 Å². The van der Waals surface area contributed by atoms with Crippen LogP contribution in [0.3, 0.4) is 0 Å². The first-order chi connectivity index (χ1) is 13.0. The van der Waals surface area contributed by atoms with E-state index in [1.807, 2.05) is 26.0 Å². The van der Waals surface area contributed by atoms with E-state index in [9.17, 15) is 14.4 Å². The van der Waals surface area contributed by atoms with Crippen molar-refractivity contribution in [3.8, 4) is 5.75 Å². The molecule has 1 aromatic carbocycles. The molecule has 0 aromatic heterocycles. The number of imide groups is 1. The number of fused-ring (bicyclic) bond motifs is 1. The Morgan fingerprint density at radius 1 is 1.14 bits per heavy atom. The number of hydrogen-bond donors (Lipinski definition) is 0. The maximum absolute atomic E-state index is 13.4. The van der Waals surface area contributed by atoms with Crippen molar-refractivity contribution < 1.29 is 23.9 Å². The zero-order chi connectivity index (χ0) is 20.9. The zero-order valence-corrected chi connectivity index (χ0v) is 17.4. The molecule has 152 valence electrons. The van der Waals surface area contributed by atoms with E-state index in [4.69, 9.17) is 9.47 Å². The van der Waals surface area contributed by atoms with E-state index in [-0.39, 0.29) is 35.9 Å². The van der Waals surface area contributed by atoms with Gasteiger partial charge in [-0.3, -0.25) is 9.59 Å². The molecule has 1 saturated heterocycles. The lowest BCUT2D eigenvalue weighted by atomic mass is 9.66. The highest BCUT2D eigenvalue weighted by Gasteiger charge is 2.62. The third kappa shape index (κ3) is 3.29. The Morgan fingerprint density at radius 3 is 2.29 bits per heavy atom. The molecular formula is C22H29NO5. The number of rotatable bonds is 2. The Labute approximate surface area is 166 Å². The van der Waals surface area contributed by atoms with Crippen LogP contribution < -0.4 is 4.74 Å². The van der Waals surface area contributed by atoms with E-state index in [1.54, 1.807) is 40.0 Å². The second-order valence-electron chi connectivity index (χ2n) is 9.09. The molecule has 2 aliphatic rings. The molecular weight excluding hydrogens is 358 g/mol. The summed E-state index contributed by atoms with van der Waals surface area (Å²) in [5.74, 6) is -0.201. The van der Waals surface area contributed by atoms with Gasteiger partial charge in [0.15, 0.2) is 0 Å². The standard InChI is InChI=1S/C22H29NO5/c1-13-11-15(24)12-17-18(13)19(25)23(20(26)28-21(2,3)4)22(17,5)14-7-9-16(27-6)10-8-14/h7-10,13,17-18H,11-12H2,1-6H3/t13-,17-,18+,22+/m0/s1. The molecule has 0 N–H and O–H groups in total. The number of ether oxygens (including phenoxy) is 2. The molecule has 1 heterocycles. The number of carbonyl (C=O) groups excluding carboxylic acids is 3. The highest BCUT2D eigenvalue weighted by atomic mass is 16.6. The van der Waals surface area contributed by atoms with E-state index in [1.165, 1.54) is 4.90 Å². The summed E-state index contributed by atoms with van der Waals surface area (Å²) in [6.07, 6.45) is -0.0130. The van der Waals surface area contributed by atoms with Crippen molar-refractivity contribution in [1.82, 2.24) is 4.90 Å². The third-order valence-corrected chi connectivity index (χ3v) is 5.99. The number of hydrogen-bond acceptors (Lipinski definition) is 5. The molecule has 1 aliphatic heterocycles. The van der Waals surface area contributed by atoms with Crippen molar-refractivity contribution in [2.24, 2.45) is 17.8 Å². The SMILES string of the molecule is COc1ccc([C@]2(C)[C@H]3CC(=O)C[C@H](C)[C@H]3C(=O)N2C(=O)OC(C)(C)C)cc1. The van der Waals surface area contributed by atoms with Crippen molar-refractivity contribution in [3.05, 3.63) is 29.8 Å². The van der Waals surface area contributed by atoms with Gasteiger partial charge in [-0.15, -0.1) is 0 Å². The number of Topliss-reactive ketones (excluding diaryl/α,β-unsaturated/α-hetero) is 1. The molecule has 1 saturated carbocycles. The summed E-state index contributed by atoms with van der Waals surface area (Å²) in [5, 5.41) is 0. The Bertz CT molecular complexity index is 794. The summed E-state index contributed by atoms with van der Waals surface area (Å²) in [4.78, 5) is 40.1. The smallest absolute Gasteiger partial charge is 0.417 e. The van der Waals surface area contributed by atoms with Crippen LogP contribution in [0.5, 0.6) is 5.75 Å². The normalized spacial score (nSPS) is 30.2. The van der Waals surface area contributed by atoms with E-state index in [0.717, 1.165) is 5.56 Å². The van der Waals surface area contributed by atoms with Crippen LogP contribution in [0.4, 0.5) is 4.79 Å². The van der Waals surface area contributed by atoms with Gasteiger partial charge < -0.3 is 9.47 Å². The second-order valence-corrected chi connectivity index (χ2v) is 9.09. The van der Waals surface area contributed by atoms with Gasteiger partial charge in [0.25, 0.3) is 0 Å². The zero-order valence-electron chi connectivity index (χ0n) is 17.4. The highest BCUT2D eigenvalue weighted by molar-refractivity contribution is 5.99. The van der Waals surface area contributed by atoms with Crippen LogP contribution in [0.25, 0.3) is 0 Å². The molecule has 1 aromatic rings. The maximum Gasteiger partial charge on any atom is 0.417 e. The van der Waals surface area contributed by atoms with Gasteiger partial charge in [0.1, 0.15) is 17.1 Å². The minimum atomic E-state index is -0.958. The summed E-state index contributed by atoms with van der Waals surface area (Å²) >= 11 is 0. The first-order valence-electron chi connectivity index (χ1n) is 9.72. The van der Waals surface area contributed by atoms with Gasteiger partial charge in [-0.2, -0.15) is 0 Å². The number of likely N-dealkylation sites (tertiary alicyclic amines) is 1. The van der Waals surface area contributed by atoms with Gasteiger partial charge in [-0.05, 0) is 51.3 Å². The predicted molar refractivity (Wildman–Crippen MR) is 104 cm³/mol. The molecule has 2 fully saturated rings. The van der Waals surface area contributed by atoms with Gasteiger partial charge in [-0.25, -0.2) is 9.69 Å². The molecule has 4 atom stereocenters. The molecule has 3 rings (SSSR count). The minimum Gasteiger partial charge on any atom is -0.497 e. The summed E-state index contributed by atoms with van der Waals surface area (Å²) in [6.45, 7) is 9.10. The Balaban J connectivity index is 2.12. The van der Waals surface area contributed by atoms with Crippen LogP contribution >= 0.6 is 0 Å². The molecule has 0 unspecified atom stereocenters. The number of amides is 2. The minimum absolute atomic E-state index is 0.108. The van der Waals surface area contributed by atoms with Gasteiger partial charge in [0.05, 0.1) is 12.6 Å². The van der Waals surface area contributed by atoms with Crippen LogP contribution in [0.2, 0.25) is 0 Å². The van der Waals surface area contributed by atoms with Gasteiger partial charge in [0, 0.05) is 24.7 Å². The fraction of sp³-hybridized carbons (Fsp3) is 0.591.